The van der Waals surface area contributed by atoms with Crippen LogP contribution < -0.4 is 10.1 Å². The molecule has 1 heterocycles. The standard InChI is InChI=1S/C15H9Cl2FN2O3S/c16-8-2-1-3-9(17)7(8)6-23-12-5-13-11(4-10(12)18)19-14(24-13)20-15(21)22/h1-5H,6H2,(H,19,20)(H,21,22). The maximum absolute atomic E-state index is 14.1. The largest absolute Gasteiger partial charge is 0.486 e. The number of ether oxygens (including phenoxy) is 1. The fourth-order valence-corrected chi connectivity index (χ4v) is 3.38. The molecule has 0 saturated heterocycles. The number of carbonyl (C=O) groups is 1. The number of nitrogens with zero attached hydrogens (tertiary/aromatic N) is 1. The topological polar surface area (TPSA) is 71.5 Å². The lowest BCUT2D eigenvalue weighted by Crippen LogP contribution is -2.06. The summed E-state index contributed by atoms with van der Waals surface area (Å²) in [4.78, 5) is 14.6. The Morgan fingerprint density at radius 3 is 2.71 bits per heavy atom. The fraction of sp³-hybridized carbons (Fsp3) is 0.0667. The lowest BCUT2D eigenvalue weighted by Gasteiger charge is -2.10. The van der Waals surface area contributed by atoms with Gasteiger partial charge in [-0.25, -0.2) is 14.2 Å². The first-order valence-corrected chi connectivity index (χ1v) is 8.17. The van der Waals surface area contributed by atoms with Gasteiger partial charge in [0.05, 0.1) is 10.2 Å². The smallest absolute Gasteiger partial charge is 0.410 e. The molecule has 0 spiro atoms. The van der Waals surface area contributed by atoms with Gasteiger partial charge in [-0.05, 0) is 12.1 Å². The third kappa shape index (κ3) is 3.53. The van der Waals surface area contributed by atoms with Crippen LogP contribution in [0.3, 0.4) is 0 Å². The Labute approximate surface area is 149 Å². The molecular formula is C15H9Cl2FN2O3S. The van der Waals surface area contributed by atoms with Crippen LogP contribution in [0, 0.1) is 5.82 Å². The van der Waals surface area contributed by atoms with Crippen molar-refractivity contribution in [3.63, 3.8) is 0 Å². The summed E-state index contributed by atoms with van der Waals surface area (Å²) in [5.74, 6) is -0.609. The second-order valence-corrected chi connectivity index (χ2v) is 6.53. The number of amides is 1. The zero-order chi connectivity index (χ0) is 17.3. The maximum atomic E-state index is 14.1. The molecule has 9 heteroatoms. The van der Waals surface area contributed by atoms with Crippen LogP contribution in [0.5, 0.6) is 5.75 Å². The van der Waals surface area contributed by atoms with Crippen LogP contribution in [0.4, 0.5) is 14.3 Å². The molecule has 0 radical (unpaired) electrons. The van der Waals surface area contributed by atoms with Crippen LogP contribution in [0.2, 0.25) is 10.0 Å². The number of anilines is 1. The molecule has 2 aromatic carbocycles. The molecule has 0 fully saturated rings. The number of hydrogen-bond acceptors (Lipinski definition) is 4. The number of fused-ring (bicyclic) bond motifs is 1. The van der Waals surface area contributed by atoms with Gasteiger partial charge in [0.25, 0.3) is 0 Å². The van der Waals surface area contributed by atoms with E-state index in [1.165, 1.54) is 12.1 Å². The summed E-state index contributed by atoms with van der Waals surface area (Å²) < 4.78 is 20.2. The molecule has 124 valence electrons. The van der Waals surface area contributed by atoms with E-state index in [4.69, 9.17) is 33.0 Å². The summed E-state index contributed by atoms with van der Waals surface area (Å²) >= 11 is 13.2. The third-order valence-corrected chi connectivity index (χ3v) is 4.73. The van der Waals surface area contributed by atoms with Gasteiger partial charge < -0.3 is 9.84 Å². The van der Waals surface area contributed by atoms with Gasteiger partial charge in [0.1, 0.15) is 6.61 Å². The number of nitrogens with one attached hydrogen (secondary N) is 1. The zero-order valence-corrected chi connectivity index (χ0v) is 14.2. The van der Waals surface area contributed by atoms with Gasteiger partial charge in [0.2, 0.25) is 0 Å². The average molecular weight is 387 g/mol. The van der Waals surface area contributed by atoms with Crippen molar-refractivity contribution in [2.24, 2.45) is 0 Å². The molecule has 0 unspecified atom stereocenters. The van der Waals surface area contributed by atoms with E-state index in [2.05, 4.69) is 10.3 Å². The Balaban J connectivity index is 1.86. The summed E-state index contributed by atoms with van der Waals surface area (Å²) in [6.07, 6.45) is -1.24. The average Bonchev–Trinajstić information content (AvgIpc) is 2.86. The van der Waals surface area contributed by atoms with Crippen molar-refractivity contribution in [2.75, 3.05) is 5.32 Å². The minimum absolute atomic E-state index is 0.0000296. The Bertz CT molecular complexity index is 912. The first-order valence-electron chi connectivity index (χ1n) is 6.60. The molecule has 1 aromatic heterocycles. The van der Waals surface area contributed by atoms with E-state index in [0.717, 1.165) is 11.3 Å². The Kier molecular flexibility index (Phi) is 4.75. The molecule has 0 saturated carbocycles. The maximum Gasteiger partial charge on any atom is 0.410 e. The molecule has 0 aliphatic heterocycles. The van der Waals surface area contributed by atoms with E-state index in [-0.39, 0.29) is 17.5 Å². The number of halogens is 3. The number of benzene rings is 2. The van der Waals surface area contributed by atoms with Crippen LogP contribution in [0.25, 0.3) is 10.2 Å². The molecule has 5 nitrogen and oxygen atoms in total. The van der Waals surface area contributed by atoms with Crippen LogP contribution >= 0.6 is 34.5 Å². The molecule has 24 heavy (non-hydrogen) atoms. The minimum atomic E-state index is -1.24. The van der Waals surface area contributed by atoms with Crippen molar-refractivity contribution < 1.29 is 19.0 Å². The summed E-state index contributed by atoms with van der Waals surface area (Å²) in [7, 11) is 0. The summed E-state index contributed by atoms with van der Waals surface area (Å²) in [6.45, 7) is -0.0000296. The first kappa shape index (κ1) is 16.8. The monoisotopic (exact) mass is 386 g/mol. The van der Waals surface area contributed by atoms with Crippen molar-refractivity contribution in [1.82, 2.24) is 4.98 Å². The predicted octanol–water partition coefficient (Wildman–Crippen LogP) is 5.41. The van der Waals surface area contributed by atoms with Gasteiger partial charge in [-0.15, -0.1) is 0 Å². The molecule has 1 amide bonds. The van der Waals surface area contributed by atoms with Gasteiger partial charge >= 0.3 is 6.09 Å². The number of aromatic nitrogens is 1. The van der Waals surface area contributed by atoms with Crippen molar-refractivity contribution in [3.8, 4) is 5.75 Å². The van der Waals surface area contributed by atoms with Crippen molar-refractivity contribution in [3.05, 3.63) is 51.8 Å². The summed E-state index contributed by atoms with van der Waals surface area (Å²) in [6, 6.07) is 7.68. The Morgan fingerprint density at radius 2 is 2.04 bits per heavy atom. The van der Waals surface area contributed by atoms with E-state index in [0.29, 0.717) is 25.8 Å². The van der Waals surface area contributed by atoms with E-state index in [1.54, 1.807) is 18.2 Å². The predicted molar refractivity (Wildman–Crippen MR) is 92.0 cm³/mol. The van der Waals surface area contributed by atoms with Crippen molar-refractivity contribution in [1.29, 1.82) is 0 Å². The SMILES string of the molecule is O=C(O)Nc1nc2cc(F)c(OCc3c(Cl)cccc3Cl)cc2s1. The highest BCUT2D eigenvalue weighted by Crippen LogP contribution is 2.32. The van der Waals surface area contributed by atoms with E-state index in [9.17, 15) is 9.18 Å². The summed E-state index contributed by atoms with van der Waals surface area (Å²) in [5, 5.41) is 11.8. The quantitative estimate of drug-likeness (QED) is 0.628. The highest BCUT2D eigenvalue weighted by atomic mass is 35.5. The van der Waals surface area contributed by atoms with Crippen molar-refractivity contribution >= 4 is 56.0 Å². The zero-order valence-electron chi connectivity index (χ0n) is 11.8. The van der Waals surface area contributed by atoms with Crippen LogP contribution in [0.15, 0.2) is 30.3 Å². The summed E-state index contributed by atoms with van der Waals surface area (Å²) in [5.41, 5.74) is 0.891. The number of thiazole rings is 1. The molecule has 0 aliphatic carbocycles. The van der Waals surface area contributed by atoms with Gasteiger partial charge in [-0.1, -0.05) is 40.6 Å². The molecule has 2 N–H and O–H groups in total. The number of hydrogen-bond donors (Lipinski definition) is 2. The lowest BCUT2D eigenvalue weighted by atomic mass is 10.2. The normalized spacial score (nSPS) is 10.8. The van der Waals surface area contributed by atoms with Gasteiger partial charge in [0, 0.05) is 27.7 Å². The highest BCUT2D eigenvalue weighted by molar-refractivity contribution is 7.22. The third-order valence-electron chi connectivity index (χ3n) is 3.09. The van der Waals surface area contributed by atoms with Crippen LogP contribution in [-0.2, 0) is 6.61 Å². The number of carboxylic acid groups (broad SMARTS) is 1. The van der Waals surface area contributed by atoms with Gasteiger partial charge in [-0.3, -0.25) is 5.32 Å². The molecule has 3 aromatic rings. The van der Waals surface area contributed by atoms with E-state index in [1.807, 2.05) is 0 Å². The van der Waals surface area contributed by atoms with E-state index >= 15 is 0 Å². The lowest BCUT2D eigenvalue weighted by molar-refractivity contribution is 0.209. The molecule has 0 atom stereocenters. The van der Waals surface area contributed by atoms with Gasteiger partial charge in [-0.2, -0.15) is 0 Å². The van der Waals surface area contributed by atoms with Crippen molar-refractivity contribution in [2.45, 2.75) is 6.61 Å². The number of rotatable bonds is 4. The first-order chi connectivity index (χ1) is 11.4. The Hall–Kier alpha value is -2.09. The van der Waals surface area contributed by atoms with Crippen LogP contribution in [-0.4, -0.2) is 16.2 Å². The molecular weight excluding hydrogens is 378 g/mol. The minimum Gasteiger partial charge on any atom is -0.486 e. The van der Waals surface area contributed by atoms with E-state index < -0.39 is 11.9 Å². The van der Waals surface area contributed by atoms with Crippen LogP contribution in [0.1, 0.15) is 5.56 Å². The molecule has 0 aliphatic rings. The molecule has 0 bridgehead atoms. The Morgan fingerprint density at radius 1 is 1.33 bits per heavy atom. The highest BCUT2D eigenvalue weighted by Gasteiger charge is 2.13. The molecule has 3 rings (SSSR count). The van der Waals surface area contributed by atoms with Gasteiger partial charge in [0.15, 0.2) is 16.7 Å². The second kappa shape index (κ2) is 6.80. The second-order valence-electron chi connectivity index (χ2n) is 4.69. The fourth-order valence-electron chi connectivity index (χ4n) is 2.01.